The molecule has 1 N–H and O–H groups in total. The molecule has 3 rings (SSSR count). The predicted octanol–water partition coefficient (Wildman–Crippen LogP) is 2.28. The van der Waals surface area contributed by atoms with Crippen LogP contribution in [0, 0.1) is 0 Å². The van der Waals surface area contributed by atoms with Gasteiger partial charge in [0.15, 0.2) is 0 Å². The lowest BCUT2D eigenvalue weighted by Gasteiger charge is -2.04. The Hall–Kier alpha value is -2.21. The van der Waals surface area contributed by atoms with E-state index in [9.17, 15) is 4.79 Å². The van der Waals surface area contributed by atoms with E-state index in [-0.39, 0.29) is 5.91 Å². The SMILES string of the molecule is Cn1ccnc1NC(=O)c1ccc2ncsc2c1. The van der Waals surface area contributed by atoms with Gasteiger partial charge in [-0.25, -0.2) is 9.97 Å². The van der Waals surface area contributed by atoms with Crippen molar-refractivity contribution < 1.29 is 4.79 Å². The Morgan fingerprint density at radius 1 is 1.39 bits per heavy atom. The van der Waals surface area contributed by atoms with Gasteiger partial charge in [0.25, 0.3) is 5.91 Å². The van der Waals surface area contributed by atoms with Gasteiger partial charge in [0.1, 0.15) is 0 Å². The number of benzene rings is 1. The molecule has 0 aliphatic rings. The lowest BCUT2D eigenvalue weighted by atomic mass is 10.2. The molecular weight excluding hydrogens is 248 g/mol. The third kappa shape index (κ3) is 1.86. The number of aromatic nitrogens is 3. The number of nitrogens with zero attached hydrogens (tertiary/aromatic N) is 3. The lowest BCUT2D eigenvalue weighted by Crippen LogP contribution is -2.14. The summed E-state index contributed by atoms with van der Waals surface area (Å²) < 4.78 is 2.76. The molecule has 0 spiro atoms. The minimum atomic E-state index is -0.167. The van der Waals surface area contributed by atoms with Crippen LogP contribution in [-0.2, 0) is 7.05 Å². The van der Waals surface area contributed by atoms with Gasteiger partial charge in [-0.1, -0.05) is 0 Å². The van der Waals surface area contributed by atoms with Gasteiger partial charge in [0, 0.05) is 25.0 Å². The first-order chi connectivity index (χ1) is 8.74. The maximum Gasteiger partial charge on any atom is 0.258 e. The van der Waals surface area contributed by atoms with E-state index in [1.807, 2.05) is 19.2 Å². The minimum Gasteiger partial charge on any atom is -0.320 e. The summed E-state index contributed by atoms with van der Waals surface area (Å²) in [5, 5.41) is 2.76. The molecule has 0 atom stereocenters. The number of thiazole rings is 1. The normalized spacial score (nSPS) is 10.7. The van der Waals surface area contributed by atoms with Crippen LogP contribution in [0.4, 0.5) is 5.95 Å². The molecule has 0 unspecified atom stereocenters. The highest BCUT2D eigenvalue weighted by molar-refractivity contribution is 7.16. The molecule has 5 nitrogen and oxygen atoms in total. The molecule has 0 saturated heterocycles. The van der Waals surface area contributed by atoms with E-state index in [1.165, 1.54) is 11.3 Å². The quantitative estimate of drug-likeness (QED) is 0.767. The lowest BCUT2D eigenvalue weighted by molar-refractivity contribution is 0.102. The van der Waals surface area contributed by atoms with Gasteiger partial charge in [0.2, 0.25) is 5.95 Å². The van der Waals surface area contributed by atoms with Crippen molar-refractivity contribution in [3.63, 3.8) is 0 Å². The number of imidazole rings is 1. The zero-order chi connectivity index (χ0) is 12.5. The Balaban J connectivity index is 1.89. The number of hydrogen-bond acceptors (Lipinski definition) is 4. The average Bonchev–Trinajstić information content (AvgIpc) is 2.98. The zero-order valence-electron chi connectivity index (χ0n) is 9.62. The van der Waals surface area contributed by atoms with Crippen molar-refractivity contribution in [1.82, 2.24) is 14.5 Å². The second-order valence-electron chi connectivity index (χ2n) is 3.85. The second-order valence-corrected chi connectivity index (χ2v) is 4.74. The van der Waals surface area contributed by atoms with Crippen molar-refractivity contribution in [3.05, 3.63) is 41.7 Å². The number of aryl methyl sites for hydroxylation is 1. The largest absolute Gasteiger partial charge is 0.320 e. The first kappa shape index (κ1) is 10.9. The molecule has 0 radical (unpaired) electrons. The molecule has 0 aliphatic heterocycles. The van der Waals surface area contributed by atoms with E-state index < -0.39 is 0 Å². The summed E-state index contributed by atoms with van der Waals surface area (Å²) in [5.74, 6) is 0.365. The standard InChI is InChI=1S/C12H10N4OS/c1-16-5-4-13-12(16)15-11(17)8-2-3-9-10(6-8)18-7-14-9/h2-7H,1H3,(H,13,15,17). The predicted molar refractivity (Wildman–Crippen MR) is 70.8 cm³/mol. The average molecular weight is 258 g/mol. The molecule has 0 bridgehead atoms. The van der Waals surface area contributed by atoms with Crippen LogP contribution in [0.5, 0.6) is 0 Å². The van der Waals surface area contributed by atoms with Crippen LogP contribution in [0.25, 0.3) is 10.2 Å². The van der Waals surface area contributed by atoms with Crippen LogP contribution in [0.2, 0.25) is 0 Å². The van der Waals surface area contributed by atoms with E-state index in [4.69, 9.17) is 0 Å². The Morgan fingerprint density at radius 3 is 3.06 bits per heavy atom. The highest BCUT2D eigenvalue weighted by Gasteiger charge is 2.09. The fourth-order valence-corrected chi connectivity index (χ4v) is 2.37. The topological polar surface area (TPSA) is 59.8 Å². The van der Waals surface area contributed by atoms with Crippen LogP contribution < -0.4 is 5.32 Å². The van der Waals surface area contributed by atoms with Crippen LogP contribution in [0.3, 0.4) is 0 Å². The van der Waals surface area contributed by atoms with E-state index in [0.717, 1.165) is 10.2 Å². The molecule has 1 amide bonds. The summed E-state index contributed by atoms with van der Waals surface area (Å²) in [4.78, 5) is 20.3. The van der Waals surface area contributed by atoms with Gasteiger partial charge in [-0.05, 0) is 18.2 Å². The number of carbonyl (C=O) groups excluding carboxylic acids is 1. The number of amides is 1. The Kier molecular flexibility index (Phi) is 2.56. The highest BCUT2D eigenvalue weighted by atomic mass is 32.1. The van der Waals surface area contributed by atoms with Crippen molar-refractivity contribution in [2.24, 2.45) is 7.05 Å². The van der Waals surface area contributed by atoms with Crippen molar-refractivity contribution in [1.29, 1.82) is 0 Å². The molecule has 1 aromatic carbocycles. The summed E-state index contributed by atoms with van der Waals surface area (Å²) in [7, 11) is 1.83. The zero-order valence-corrected chi connectivity index (χ0v) is 10.4. The van der Waals surface area contributed by atoms with E-state index in [0.29, 0.717) is 11.5 Å². The molecule has 0 saturated carbocycles. The number of hydrogen-bond donors (Lipinski definition) is 1. The maximum absolute atomic E-state index is 12.0. The highest BCUT2D eigenvalue weighted by Crippen LogP contribution is 2.19. The van der Waals surface area contributed by atoms with Crippen molar-refractivity contribution in [2.45, 2.75) is 0 Å². The van der Waals surface area contributed by atoms with Crippen LogP contribution in [-0.4, -0.2) is 20.4 Å². The number of nitrogens with one attached hydrogen (secondary N) is 1. The summed E-state index contributed by atoms with van der Waals surface area (Å²) in [6.07, 6.45) is 3.42. The molecule has 6 heteroatoms. The van der Waals surface area contributed by atoms with Gasteiger partial charge in [-0.15, -0.1) is 11.3 Å². The Morgan fingerprint density at radius 2 is 2.28 bits per heavy atom. The summed E-state index contributed by atoms with van der Waals surface area (Å²) in [6.45, 7) is 0. The molecule has 18 heavy (non-hydrogen) atoms. The number of fused-ring (bicyclic) bond motifs is 1. The second kappa shape index (κ2) is 4.23. The molecular formula is C12H10N4OS. The minimum absolute atomic E-state index is 0.167. The number of carbonyl (C=O) groups is 1. The van der Waals surface area contributed by atoms with Crippen molar-refractivity contribution in [2.75, 3.05) is 5.32 Å². The summed E-state index contributed by atoms with van der Waals surface area (Å²) >= 11 is 1.52. The molecule has 0 aliphatic carbocycles. The van der Waals surface area contributed by atoms with E-state index in [2.05, 4.69) is 15.3 Å². The number of anilines is 1. The summed E-state index contributed by atoms with van der Waals surface area (Å²) in [6, 6.07) is 5.45. The Labute approximate surface area is 107 Å². The first-order valence-electron chi connectivity index (χ1n) is 5.36. The van der Waals surface area contributed by atoms with Crippen molar-refractivity contribution >= 4 is 33.4 Å². The Bertz CT molecular complexity index is 716. The molecule has 2 aromatic heterocycles. The van der Waals surface area contributed by atoms with Crippen LogP contribution in [0.15, 0.2) is 36.1 Å². The van der Waals surface area contributed by atoms with Gasteiger partial charge < -0.3 is 4.57 Å². The maximum atomic E-state index is 12.0. The van der Waals surface area contributed by atoms with E-state index in [1.54, 1.807) is 28.5 Å². The van der Waals surface area contributed by atoms with Crippen LogP contribution >= 0.6 is 11.3 Å². The third-order valence-corrected chi connectivity index (χ3v) is 3.43. The van der Waals surface area contributed by atoms with Crippen LogP contribution in [0.1, 0.15) is 10.4 Å². The van der Waals surface area contributed by atoms with Gasteiger partial charge in [-0.3, -0.25) is 10.1 Å². The van der Waals surface area contributed by atoms with Gasteiger partial charge in [-0.2, -0.15) is 0 Å². The summed E-state index contributed by atoms with van der Waals surface area (Å²) in [5.41, 5.74) is 3.29. The molecule has 2 heterocycles. The third-order valence-electron chi connectivity index (χ3n) is 2.64. The molecule has 0 fully saturated rings. The number of rotatable bonds is 2. The van der Waals surface area contributed by atoms with Gasteiger partial charge >= 0.3 is 0 Å². The van der Waals surface area contributed by atoms with Crippen molar-refractivity contribution in [3.8, 4) is 0 Å². The smallest absolute Gasteiger partial charge is 0.258 e. The van der Waals surface area contributed by atoms with E-state index >= 15 is 0 Å². The molecule has 3 aromatic rings. The van der Waals surface area contributed by atoms with Gasteiger partial charge in [0.05, 0.1) is 15.7 Å². The fourth-order valence-electron chi connectivity index (χ4n) is 1.66. The monoisotopic (exact) mass is 258 g/mol. The molecule has 90 valence electrons. The first-order valence-corrected chi connectivity index (χ1v) is 6.24. The fraction of sp³-hybridized carbons (Fsp3) is 0.0833.